The molecule has 2 unspecified atom stereocenters. The van der Waals surface area contributed by atoms with Gasteiger partial charge in [0.15, 0.2) is 5.82 Å². The summed E-state index contributed by atoms with van der Waals surface area (Å²) in [6, 6.07) is 0.273. The predicted molar refractivity (Wildman–Crippen MR) is 64.5 cm³/mol. The maximum Gasteiger partial charge on any atom is 0.228 e. The van der Waals surface area contributed by atoms with Crippen molar-refractivity contribution in [1.82, 2.24) is 19.9 Å². The average molecular weight is 239 g/mol. The van der Waals surface area contributed by atoms with Crippen LogP contribution >= 0.6 is 0 Å². The Kier molecular flexibility index (Phi) is 3.76. The molecule has 0 aromatic carbocycles. The molecule has 1 aromatic heterocycles. The van der Waals surface area contributed by atoms with Crippen molar-refractivity contribution in [2.45, 2.75) is 25.4 Å². The lowest BCUT2D eigenvalue weighted by Crippen LogP contribution is -2.45. The van der Waals surface area contributed by atoms with Crippen LogP contribution in [0.5, 0.6) is 0 Å². The second-order valence-corrected chi connectivity index (χ2v) is 4.99. The summed E-state index contributed by atoms with van der Waals surface area (Å²) in [6.07, 6.45) is 0.638. The highest BCUT2D eigenvalue weighted by molar-refractivity contribution is 4.98. The largest absolute Gasteiger partial charge is 0.339 e. The lowest BCUT2D eigenvalue weighted by Gasteiger charge is -2.35. The van der Waals surface area contributed by atoms with Gasteiger partial charge in [0.25, 0.3) is 0 Å². The predicted octanol–water partition coefficient (Wildman–Crippen LogP) is -0.122. The van der Waals surface area contributed by atoms with Crippen molar-refractivity contribution in [1.29, 1.82) is 0 Å². The van der Waals surface area contributed by atoms with Crippen molar-refractivity contribution in [3.63, 3.8) is 0 Å². The highest BCUT2D eigenvalue weighted by Gasteiger charge is 2.27. The fraction of sp³-hybridized carbons (Fsp3) is 0.818. The van der Waals surface area contributed by atoms with Gasteiger partial charge in [-0.15, -0.1) is 0 Å². The summed E-state index contributed by atoms with van der Waals surface area (Å²) in [7, 11) is 4.21. The Balaban J connectivity index is 2.07. The van der Waals surface area contributed by atoms with E-state index in [1.165, 1.54) is 0 Å². The number of hydrogen-bond acceptors (Lipinski definition) is 6. The van der Waals surface area contributed by atoms with E-state index >= 15 is 0 Å². The molecule has 96 valence electrons. The van der Waals surface area contributed by atoms with Gasteiger partial charge in [-0.2, -0.15) is 4.98 Å². The van der Waals surface area contributed by atoms with E-state index in [-0.39, 0.29) is 12.1 Å². The molecule has 2 rings (SSSR count). The molecule has 0 aliphatic carbocycles. The third-order valence-electron chi connectivity index (χ3n) is 3.13. The zero-order valence-corrected chi connectivity index (χ0v) is 10.8. The monoisotopic (exact) mass is 239 g/mol. The highest BCUT2D eigenvalue weighted by Crippen LogP contribution is 2.20. The molecule has 6 nitrogen and oxygen atoms in total. The van der Waals surface area contributed by atoms with Crippen molar-refractivity contribution in [3.8, 4) is 0 Å². The SMILES string of the molecule is CC(N)Cc1nc(C2CN(C)CCN2C)no1. The van der Waals surface area contributed by atoms with E-state index in [9.17, 15) is 0 Å². The van der Waals surface area contributed by atoms with Crippen molar-refractivity contribution >= 4 is 0 Å². The molecular weight excluding hydrogens is 218 g/mol. The lowest BCUT2D eigenvalue weighted by molar-refractivity contribution is 0.108. The lowest BCUT2D eigenvalue weighted by atomic mass is 10.2. The molecule has 2 atom stereocenters. The minimum absolute atomic E-state index is 0.0510. The first-order valence-corrected chi connectivity index (χ1v) is 6.03. The molecular formula is C11H21N5O. The number of hydrogen-bond donors (Lipinski definition) is 1. The molecule has 0 radical (unpaired) electrons. The van der Waals surface area contributed by atoms with Crippen LogP contribution in [0.2, 0.25) is 0 Å². The van der Waals surface area contributed by atoms with Crippen LogP contribution < -0.4 is 5.73 Å². The van der Waals surface area contributed by atoms with Crippen LogP contribution in [0.15, 0.2) is 4.52 Å². The first kappa shape index (κ1) is 12.5. The van der Waals surface area contributed by atoms with Crippen LogP contribution in [0.4, 0.5) is 0 Å². The molecule has 1 aliphatic rings. The Morgan fingerprint density at radius 3 is 2.94 bits per heavy atom. The zero-order valence-electron chi connectivity index (χ0n) is 10.8. The molecule has 2 heterocycles. The Morgan fingerprint density at radius 1 is 1.47 bits per heavy atom. The van der Waals surface area contributed by atoms with E-state index in [1.807, 2.05) is 6.92 Å². The van der Waals surface area contributed by atoms with Crippen molar-refractivity contribution in [2.75, 3.05) is 33.7 Å². The Morgan fingerprint density at radius 2 is 2.24 bits per heavy atom. The van der Waals surface area contributed by atoms with E-state index in [2.05, 4.69) is 34.0 Å². The van der Waals surface area contributed by atoms with Gasteiger partial charge in [-0.05, 0) is 21.0 Å². The van der Waals surface area contributed by atoms with Crippen LogP contribution in [-0.2, 0) is 6.42 Å². The molecule has 17 heavy (non-hydrogen) atoms. The van der Waals surface area contributed by atoms with Gasteiger partial charge in [0.2, 0.25) is 5.89 Å². The van der Waals surface area contributed by atoms with Gasteiger partial charge in [0.1, 0.15) is 0 Å². The molecule has 2 N–H and O–H groups in total. The summed E-state index contributed by atoms with van der Waals surface area (Å²) in [5, 5.41) is 4.07. The van der Waals surface area contributed by atoms with Crippen molar-refractivity contribution in [3.05, 3.63) is 11.7 Å². The van der Waals surface area contributed by atoms with E-state index < -0.39 is 0 Å². The van der Waals surface area contributed by atoms with E-state index in [0.29, 0.717) is 12.3 Å². The van der Waals surface area contributed by atoms with Gasteiger partial charge in [-0.1, -0.05) is 5.16 Å². The average Bonchev–Trinajstić information content (AvgIpc) is 2.69. The third kappa shape index (κ3) is 3.02. The van der Waals surface area contributed by atoms with E-state index in [4.69, 9.17) is 10.3 Å². The molecule has 1 saturated heterocycles. The number of piperazine rings is 1. The van der Waals surface area contributed by atoms with Crippen LogP contribution in [0.25, 0.3) is 0 Å². The summed E-state index contributed by atoms with van der Waals surface area (Å²) < 4.78 is 5.23. The first-order chi connectivity index (χ1) is 8.06. The fourth-order valence-corrected chi connectivity index (χ4v) is 2.05. The van der Waals surface area contributed by atoms with Crippen LogP contribution in [0.3, 0.4) is 0 Å². The number of aromatic nitrogens is 2. The minimum atomic E-state index is 0.0510. The van der Waals surface area contributed by atoms with E-state index in [0.717, 1.165) is 25.5 Å². The van der Waals surface area contributed by atoms with E-state index in [1.54, 1.807) is 0 Å². The molecule has 0 amide bonds. The van der Waals surface area contributed by atoms with Crippen molar-refractivity contribution in [2.24, 2.45) is 5.73 Å². The zero-order chi connectivity index (χ0) is 12.4. The third-order valence-corrected chi connectivity index (χ3v) is 3.13. The van der Waals surface area contributed by atoms with Gasteiger partial charge in [0.05, 0.1) is 6.04 Å². The summed E-state index contributed by atoms with van der Waals surface area (Å²) in [6.45, 7) is 4.98. The topological polar surface area (TPSA) is 71.4 Å². The number of nitrogens with two attached hydrogens (primary N) is 1. The molecule has 1 aromatic rings. The maximum atomic E-state index is 5.72. The minimum Gasteiger partial charge on any atom is -0.339 e. The molecule has 6 heteroatoms. The van der Waals surface area contributed by atoms with Crippen LogP contribution in [-0.4, -0.2) is 59.7 Å². The summed E-state index contributed by atoms with van der Waals surface area (Å²) >= 11 is 0. The Labute approximate surface area is 102 Å². The van der Waals surface area contributed by atoms with Crippen LogP contribution in [0, 0.1) is 0 Å². The second kappa shape index (κ2) is 5.12. The van der Waals surface area contributed by atoms with Crippen LogP contribution in [0.1, 0.15) is 24.7 Å². The number of likely N-dealkylation sites (N-methyl/N-ethyl adjacent to an activating group) is 2. The second-order valence-electron chi connectivity index (χ2n) is 4.99. The number of rotatable bonds is 3. The molecule has 1 aliphatic heterocycles. The normalized spacial score (nSPS) is 25.1. The van der Waals surface area contributed by atoms with Gasteiger partial charge in [0, 0.05) is 32.1 Å². The maximum absolute atomic E-state index is 5.72. The summed E-state index contributed by atoms with van der Waals surface area (Å²) in [4.78, 5) is 8.98. The number of nitrogens with zero attached hydrogens (tertiary/aromatic N) is 4. The fourth-order valence-electron chi connectivity index (χ4n) is 2.05. The molecule has 1 fully saturated rings. The quantitative estimate of drug-likeness (QED) is 0.793. The van der Waals surface area contributed by atoms with Gasteiger partial charge in [-0.3, -0.25) is 4.90 Å². The summed E-state index contributed by atoms with van der Waals surface area (Å²) in [5.41, 5.74) is 5.72. The smallest absolute Gasteiger partial charge is 0.228 e. The van der Waals surface area contributed by atoms with Gasteiger partial charge >= 0.3 is 0 Å². The summed E-state index contributed by atoms with van der Waals surface area (Å²) in [5.74, 6) is 1.41. The molecule has 0 bridgehead atoms. The van der Waals surface area contributed by atoms with Gasteiger partial charge in [-0.25, -0.2) is 0 Å². The molecule has 0 spiro atoms. The highest BCUT2D eigenvalue weighted by atomic mass is 16.5. The Bertz CT molecular complexity index is 364. The first-order valence-electron chi connectivity index (χ1n) is 6.03. The van der Waals surface area contributed by atoms with Gasteiger partial charge < -0.3 is 15.2 Å². The standard InChI is InChI=1S/C11H21N5O/c1-8(12)6-10-13-11(14-17-10)9-7-15(2)4-5-16(9)3/h8-9H,4-7,12H2,1-3H3. The molecule has 0 saturated carbocycles. The Hall–Kier alpha value is -0.980. The van der Waals surface area contributed by atoms with Crippen molar-refractivity contribution < 1.29 is 4.52 Å².